The number of carbonyl (C=O) groups is 1. The molecule has 0 bridgehead atoms. The van der Waals surface area contributed by atoms with E-state index in [0.717, 1.165) is 0 Å². The van der Waals surface area contributed by atoms with Crippen molar-refractivity contribution in [3.8, 4) is 0 Å². The summed E-state index contributed by atoms with van der Waals surface area (Å²) in [5.74, 6) is -0.0699. The second-order valence-electron chi connectivity index (χ2n) is 3.37. The van der Waals surface area contributed by atoms with Crippen molar-refractivity contribution in [1.29, 1.82) is 0 Å². The molecule has 1 aromatic rings. The Balaban J connectivity index is 3.19. The standard InChI is InChI=1S/C10H11Cl2NO/c1-5(2)10(14)6-3-7(11)9(13)8(12)4-6/h3-5H,13H2,1-2H3. The Hall–Kier alpha value is -0.730. The molecule has 14 heavy (non-hydrogen) atoms. The Labute approximate surface area is 93.0 Å². The molecular weight excluding hydrogens is 221 g/mol. The highest BCUT2D eigenvalue weighted by atomic mass is 35.5. The van der Waals surface area contributed by atoms with Crippen LogP contribution in [0.5, 0.6) is 0 Å². The third-order valence-corrected chi connectivity index (χ3v) is 2.51. The lowest BCUT2D eigenvalue weighted by Crippen LogP contribution is -2.07. The first-order chi connectivity index (χ1) is 6.43. The minimum absolute atomic E-state index is 0.00815. The van der Waals surface area contributed by atoms with Gasteiger partial charge in [0.15, 0.2) is 5.78 Å². The van der Waals surface area contributed by atoms with Gasteiger partial charge in [-0.3, -0.25) is 4.79 Å². The van der Waals surface area contributed by atoms with Gasteiger partial charge < -0.3 is 5.73 Å². The van der Waals surface area contributed by atoms with Gasteiger partial charge in [-0.15, -0.1) is 0 Å². The monoisotopic (exact) mass is 231 g/mol. The molecule has 0 spiro atoms. The predicted molar refractivity (Wildman–Crippen MR) is 60.0 cm³/mol. The van der Waals surface area contributed by atoms with Gasteiger partial charge in [0.05, 0.1) is 15.7 Å². The van der Waals surface area contributed by atoms with Gasteiger partial charge in [0, 0.05) is 11.5 Å². The molecule has 0 aliphatic rings. The summed E-state index contributed by atoms with van der Waals surface area (Å²) in [6.45, 7) is 3.64. The maximum atomic E-state index is 11.6. The number of hydrogen-bond donors (Lipinski definition) is 1. The summed E-state index contributed by atoms with van der Waals surface area (Å²) in [7, 11) is 0. The Morgan fingerprint density at radius 2 is 1.71 bits per heavy atom. The number of ketones is 1. The number of hydrogen-bond acceptors (Lipinski definition) is 2. The molecule has 0 aliphatic carbocycles. The molecule has 76 valence electrons. The van der Waals surface area contributed by atoms with Gasteiger partial charge in [0.1, 0.15) is 0 Å². The van der Waals surface area contributed by atoms with Crippen molar-refractivity contribution in [2.75, 3.05) is 5.73 Å². The number of nitrogen functional groups attached to an aromatic ring is 1. The van der Waals surface area contributed by atoms with Crippen molar-refractivity contribution in [3.63, 3.8) is 0 Å². The van der Waals surface area contributed by atoms with Crippen molar-refractivity contribution in [3.05, 3.63) is 27.7 Å². The van der Waals surface area contributed by atoms with Gasteiger partial charge in [0.2, 0.25) is 0 Å². The fourth-order valence-electron chi connectivity index (χ4n) is 1.06. The molecule has 2 nitrogen and oxygen atoms in total. The largest absolute Gasteiger partial charge is 0.396 e. The van der Waals surface area contributed by atoms with Crippen LogP contribution in [0.1, 0.15) is 24.2 Å². The lowest BCUT2D eigenvalue weighted by atomic mass is 10.0. The van der Waals surface area contributed by atoms with Gasteiger partial charge in [-0.25, -0.2) is 0 Å². The number of benzene rings is 1. The first-order valence-corrected chi connectivity index (χ1v) is 4.97. The highest BCUT2D eigenvalue weighted by Crippen LogP contribution is 2.29. The molecule has 0 saturated carbocycles. The fraction of sp³-hybridized carbons (Fsp3) is 0.300. The molecule has 0 fully saturated rings. The Bertz CT molecular complexity index is 351. The van der Waals surface area contributed by atoms with Crippen LogP contribution < -0.4 is 5.73 Å². The SMILES string of the molecule is CC(C)C(=O)c1cc(Cl)c(N)c(Cl)c1. The van der Waals surface area contributed by atoms with Crippen LogP contribution in [0.2, 0.25) is 10.0 Å². The molecule has 0 amide bonds. The van der Waals surface area contributed by atoms with E-state index in [4.69, 9.17) is 28.9 Å². The normalized spacial score (nSPS) is 10.6. The van der Waals surface area contributed by atoms with Crippen molar-refractivity contribution < 1.29 is 4.79 Å². The van der Waals surface area contributed by atoms with Crippen molar-refractivity contribution in [2.24, 2.45) is 5.92 Å². The van der Waals surface area contributed by atoms with E-state index < -0.39 is 0 Å². The summed E-state index contributed by atoms with van der Waals surface area (Å²) in [6.07, 6.45) is 0. The Morgan fingerprint density at radius 1 is 1.29 bits per heavy atom. The van der Waals surface area contributed by atoms with E-state index in [0.29, 0.717) is 21.3 Å². The van der Waals surface area contributed by atoms with Crippen LogP contribution in [-0.2, 0) is 0 Å². The maximum Gasteiger partial charge on any atom is 0.165 e. The lowest BCUT2D eigenvalue weighted by Gasteiger charge is -2.07. The zero-order chi connectivity index (χ0) is 10.9. The molecule has 2 N–H and O–H groups in total. The number of Topliss-reactive ketones (excluding diaryl/α,β-unsaturated/α-hetero) is 1. The van der Waals surface area contributed by atoms with Gasteiger partial charge in [-0.2, -0.15) is 0 Å². The maximum absolute atomic E-state index is 11.6. The van der Waals surface area contributed by atoms with Crippen molar-refractivity contribution >= 4 is 34.7 Å². The van der Waals surface area contributed by atoms with Crippen LogP contribution in [0.3, 0.4) is 0 Å². The average Bonchev–Trinajstić information content (AvgIpc) is 2.12. The van der Waals surface area contributed by atoms with Gasteiger partial charge in [-0.05, 0) is 12.1 Å². The lowest BCUT2D eigenvalue weighted by molar-refractivity contribution is 0.0939. The summed E-state index contributed by atoms with van der Waals surface area (Å²) in [6, 6.07) is 3.09. The molecule has 0 aromatic heterocycles. The summed E-state index contributed by atoms with van der Waals surface area (Å²) in [4.78, 5) is 11.6. The molecule has 1 rings (SSSR count). The van der Waals surface area contributed by atoms with Gasteiger partial charge in [0.25, 0.3) is 0 Å². The van der Waals surface area contributed by atoms with E-state index in [-0.39, 0.29) is 11.7 Å². The minimum Gasteiger partial charge on any atom is -0.396 e. The van der Waals surface area contributed by atoms with Crippen LogP contribution in [0.4, 0.5) is 5.69 Å². The van der Waals surface area contributed by atoms with E-state index in [1.165, 1.54) is 0 Å². The third-order valence-electron chi connectivity index (χ3n) is 1.89. The summed E-state index contributed by atoms with van der Waals surface area (Å²) in [5.41, 5.74) is 6.37. The third kappa shape index (κ3) is 2.20. The molecule has 0 saturated heterocycles. The number of rotatable bonds is 2. The zero-order valence-corrected chi connectivity index (χ0v) is 9.49. The Kier molecular flexibility index (Phi) is 3.40. The van der Waals surface area contributed by atoms with Crippen LogP contribution in [0, 0.1) is 5.92 Å². The molecule has 0 radical (unpaired) electrons. The first-order valence-electron chi connectivity index (χ1n) is 4.22. The predicted octanol–water partition coefficient (Wildman–Crippen LogP) is 3.41. The van der Waals surface area contributed by atoms with Crippen molar-refractivity contribution in [2.45, 2.75) is 13.8 Å². The summed E-state index contributed by atoms with van der Waals surface area (Å²) in [5, 5.41) is 0.642. The second-order valence-corrected chi connectivity index (χ2v) is 4.19. The first kappa shape index (κ1) is 11.3. The average molecular weight is 232 g/mol. The van der Waals surface area contributed by atoms with Crippen LogP contribution in [-0.4, -0.2) is 5.78 Å². The molecule has 0 heterocycles. The molecular formula is C10H11Cl2NO. The van der Waals surface area contributed by atoms with Crippen molar-refractivity contribution in [1.82, 2.24) is 0 Å². The number of carbonyl (C=O) groups excluding carboxylic acids is 1. The highest BCUT2D eigenvalue weighted by Gasteiger charge is 2.13. The smallest absolute Gasteiger partial charge is 0.165 e. The van der Waals surface area contributed by atoms with Gasteiger partial charge in [-0.1, -0.05) is 37.0 Å². The topological polar surface area (TPSA) is 43.1 Å². The molecule has 4 heteroatoms. The van der Waals surface area contributed by atoms with Crippen LogP contribution in [0.25, 0.3) is 0 Å². The van der Waals surface area contributed by atoms with E-state index in [1.807, 2.05) is 13.8 Å². The summed E-state index contributed by atoms with van der Waals surface area (Å²) >= 11 is 11.6. The minimum atomic E-state index is -0.0780. The molecule has 0 unspecified atom stereocenters. The van der Waals surface area contributed by atoms with E-state index >= 15 is 0 Å². The number of anilines is 1. The van der Waals surface area contributed by atoms with E-state index in [1.54, 1.807) is 12.1 Å². The number of nitrogens with two attached hydrogens (primary N) is 1. The van der Waals surface area contributed by atoms with E-state index in [2.05, 4.69) is 0 Å². The molecule has 1 aromatic carbocycles. The molecule has 0 aliphatic heterocycles. The summed E-state index contributed by atoms with van der Waals surface area (Å²) < 4.78 is 0. The zero-order valence-electron chi connectivity index (χ0n) is 7.97. The number of halogens is 2. The van der Waals surface area contributed by atoms with E-state index in [9.17, 15) is 4.79 Å². The van der Waals surface area contributed by atoms with Crippen LogP contribution >= 0.6 is 23.2 Å². The fourth-order valence-corrected chi connectivity index (χ4v) is 1.55. The second kappa shape index (κ2) is 4.20. The molecule has 0 atom stereocenters. The van der Waals surface area contributed by atoms with Crippen LogP contribution in [0.15, 0.2) is 12.1 Å². The van der Waals surface area contributed by atoms with Gasteiger partial charge >= 0.3 is 0 Å². The quantitative estimate of drug-likeness (QED) is 0.627. The Morgan fingerprint density at radius 3 is 2.07 bits per heavy atom. The highest BCUT2D eigenvalue weighted by molar-refractivity contribution is 6.39.